The maximum absolute atomic E-state index is 13.4. The van der Waals surface area contributed by atoms with E-state index in [1.165, 1.54) is 14.2 Å². The quantitative estimate of drug-likeness (QED) is 0.508. The van der Waals surface area contributed by atoms with Crippen molar-refractivity contribution in [3.63, 3.8) is 0 Å². The number of ether oxygens (including phenoxy) is 9. The van der Waals surface area contributed by atoms with Gasteiger partial charge in [0.15, 0.2) is 35.6 Å². The van der Waals surface area contributed by atoms with Crippen LogP contribution in [0, 0.1) is 11.8 Å². The number of phenols is 1. The average molecular weight is 572 g/mol. The van der Waals surface area contributed by atoms with Crippen LogP contribution in [-0.4, -0.2) is 76.1 Å². The number of carbonyl (C=O) groups excluding carboxylic acids is 1. The molecule has 7 rings (SSSR count). The number of esters is 1. The van der Waals surface area contributed by atoms with E-state index in [-0.39, 0.29) is 67.1 Å². The van der Waals surface area contributed by atoms with Gasteiger partial charge in [-0.25, -0.2) is 0 Å². The fourth-order valence-electron chi connectivity index (χ4n) is 6.80. The number of hydrogen-bond donors (Lipinski definition) is 2. The van der Waals surface area contributed by atoms with Crippen molar-refractivity contribution in [2.24, 2.45) is 17.6 Å². The Hall–Kier alpha value is -3.29. The first-order valence-corrected chi connectivity index (χ1v) is 13.7. The molecule has 1 aliphatic carbocycles. The minimum absolute atomic E-state index is 0.0895. The number of fused-ring (bicyclic) bond motifs is 4. The van der Waals surface area contributed by atoms with Crippen LogP contribution in [0.2, 0.25) is 0 Å². The van der Waals surface area contributed by atoms with E-state index in [0.29, 0.717) is 30.1 Å². The van der Waals surface area contributed by atoms with Crippen LogP contribution in [0.5, 0.6) is 28.7 Å². The highest BCUT2D eigenvalue weighted by atomic mass is 16.7. The molecule has 3 saturated heterocycles. The average Bonchev–Trinajstić information content (AvgIpc) is 3.59. The molecule has 5 aliphatic rings. The molecule has 0 aromatic heterocycles. The molecule has 0 spiro atoms. The molecule has 220 valence electrons. The number of hydrogen-bond acceptors (Lipinski definition) is 12. The summed E-state index contributed by atoms with van der Waals surface area (Å²) in [5.41, 5.74) is 8.86. The monoisotopic (exact) mass is 571 g/mol. The Morgan fingerprint density at radius 1 is 0.951 bits per heavy atom. The summed E-state index contributed by atoms with van der Waals surface area (Å²) >= 11 is 0. The lowest BCUT2D eigenvalue weighted by molar-refractivity contribution is -0.322. The number of aromatic hydroxyl groups is 1. The Balaban J connectivity index is 1.30. The van der Waals surface area contributed by atoms with E-state index in [1.807, 2.05) is 19.1 Å². The van der Waals surface area contributed by atoms with E-state index >= 15 is 0 Å². The summed E-state index contributed by atoms with van der Waals surface area (Å²) in [4.78, 5) is 13.4. The van der Waals surface area contributed by atoms with Gasteiger partial charge in [-0.05, 0) is 47.9 Å². The number of carbonyl (C=O) groups is 1. The molecule has 3 fully saturated rings. The fourth-order valence-corrected chi connectivity index (χ4v) is 6.80. The van der Waals surface area contributed by atoms with Gasteiger partial charge in [0.1, 0.15) is 12.2 Å². The molecule has 3 N–H and O–H groups in total. The van der Waals surface area contributed by atoms with Crippen molar-refractivity contribution in [1.82, 2.24) is 0 Å². The molecular formula is C29H33NO11. The summed E-state index contributed by atoms with van der Waals surface area (Å²) in [5, 5.41) is 10.6. The summed E-state index contributed by atoms with van der Waals surface area (Å²) < 4.78 is 52.5. The molecule has 2 aromatic carbocycles. The molecule has 2 aromatic rings. The van der Waals surface area contributed by atoms with Gasteiger partial charge < -0.3 is 53.5 Å². The second-order valence-corrected chi connectivity index (χ2v) is 11.0. The second-order valence-electron chi connectivity index (χ2n) is 11.0. The van der Waals surface area contributed by atoms with Crippen molar-refractivity contribution in [1.29, 1.82) is 0 Å². The topological polar surface area (TPSA) is 146 Å². The molecule has 0 unspecified atom stereocenters. The lowest BCUT2D eigenvalue weighted by Crippen LogP contribution is -2.59. The smallest absolute Gasteiger partial charge is 0.310 e. The third kappa shape index (κ3) is 4.36. The predicted molar refractivity (Wildman–Crippen MR) is 139 cm³/mol. The van der Waals surface area contributed by atoms with Crippen LogP contribution in [0.25, 0.3) is 0 Å². The molecule has 0 bridgehead atoms. The highest BCUT2D eigenvalue weighted by Crippen LogP contribution is 2.57. The Morgan fingerprint density at radius 3 is 2.37 bits per heavy atom. The lowest BCUT2D eigenvalue weighted by atomic mass is 9.66. The molecule has 9 atom stereocenters. The van der Waals surface area contributed by atoms with Gasteiger partial charge in [0.05, 0.1) is 39.5 Å². The Morgan fingerprint density at radius 2 is 1.66 bits per heavy atom. The van der Waals surface area contributed by atoms with Crippen molar-refractivity contribution in [3.8, 4) is 28.7 Å². The van der Waals surface area contributed by atoms with Crippen LogP contribution in [0.4, 0.5) is 0 Å². The number of methoxy groups -OCH3 is 2. The van der Waals surface area contributed by atoms with Crippen molar-refractivity contribution >= 4 is 5.97 Å². The minimum atomic E-state index is -0.656. The SMILES string of the molecule is COc1cc([C@@H]2c3cc4c(cc3[C@@H](O[C@@H]3C[C@@H](N)[C@@H]5O[C@H](C)OC[C@H]5O3)[C@H]3COC(=O)[C@H]23)OCO4)cc(OC)c1O. The maximum Gasteiger partial charge on any atom is 0.310 e. The molecule has 12 heteroatoms. The summed E-state index contributed by atoms with van der Waals surface area (Å²) in [6.07, 6.45) is -1.83. The number of benzene rings is 2. The molecule has 0 radical (unpaired) electrons. The van der Waals surface area contributed by atoms with Crippen LogP contribution in [0.1, 0.15) is 42.1 Å². The summed E-state index contributed by atoms with van der Waals surface area (Å²) in [6, 6.07) is 6.91. The zero-order valence-corrected chi connectivity index (χ0v) is 22.9. The van der Waals surface area contributed by atoms with Crippen LogP contribution >= 0.6 is 0 Å². The summed E-state index contributed by atoms with van der Waals surface area (Å²) in [6.45, 7) is 2.44. The van der Waals surface area contributed by atoms with E-state index in [0.717, 1.165) is 11.1 Å². The fraction of sp³-hybridized carbons (Fsp3) is 0.552. The van der Waals surface area contributed by atoms with Gasteiger partial charge in [0.25, 0.3) is 0 Å². The number of cyclic esters (lactones) is 1. The van der Waals surface area contributed by atoms with E-state index < -0.39 is 24.2 Å². The van der Waals surface area contributed by atoms with Gasteiger partial charge >= 0.3 is 5.97 Å². The second kappa shape index (κ2) is 10.2. The highest BCUT2D eigenvalue weighted by Gasteiger charge is 2.54. The largest absolute Gasteiger partial charge is 0.502 e. The molecule has 0 saturated carbocycles. The van der Waals surface area contributed by atoms with Gasteiger partial charge in [-0.2, -0.15) is 0 Å². The zero-order valence-electron chi connectivity index (χ0n) is 22.9. The zero-order chi connectivity index (χ0) is 28.4. The summed E-state index contributed by atoms with van der Waals surface area (Å²) in [7, 11) is 2.92. The third-order valence-electron chi connectivity index (χ3n) is 8.70. The number of rotatable bonds is 5. The highest BCUT2D eigenvalue weighted by molar-refractivity contribution is 5.79. The van der Waals surface area contributed by atoms with Gasteiger partial charge in [0.2, 0.25) is 12.5 Å². The Labute approximate surface area is 236 Å². The van der Waals surface area contributed by atoms with E-state index in [2.05, 4.69) is 0 Å². The Kier molecular flexibility index (Phi) is 6.62. The molecule has 4 heterocycles. The lowest BCUT2D eigenvalue weighted by Gasteiger charge is -2.46. The number of nitrogens with two attached hydrogens (primary N) is 1. The van der Waals surface area contributed by atoms with Gasteiger partial charge in [0, 0.05) is 24.3 Å². The van der Waals surface area contributed by atoms with Gasteiger partial charge in [-0.15, -0.1) is 0 Å². The molecule has 41 heavy (non-hydrogen) atoms. The standard InChI is InChI=1S/C29H33NO11/c1-12-35-10-22-28(39-12)17(30)8-23(40-22)41-27-15-7-19-18(37-11-38-19)6-14(15)24(25-16(27)9-36-29(25)32)13-4-20(33-2)26(31)21(5-13)34-3/h4-7,12,16-17,22-25,27-28,31H,8-11,30H2,1-3H3/t12-,16+,17-,22-,23-,24-,25+,27-,28+/m1/s1. The first-order valence-electron chi connectivity index (χ1n) is 13.7. The molecule has 12 nitrogen and oxygen atoms in total. The van der Waals surface area contributed by atoms with E-state index in [1.54, 1.807) is 12.1 Å². The van der Waals surface area contributed by atoms with Crippen molar-refractivity contribution < 1.29 is 52.5 Å². The van der Waals surface area contributed by atoms with Crippen LogP contribution in [0.15, 0.2) is 24.3 Å². The van der Waals surface area contributed by atoms with Crippen LogP contribution in [-0.2, 0) is 28.5 Å². The minimum Gasteiger partial charge on any atom is -0.502 e. The third-order valence-corrected chi connectivity index (χ3v) is 8.70. The molecule has 4 aliphatic heterocycles. The van der Waals surface area contributed by atoms with Crippen molar-refractivity contribution in [2.45, 2.75) is 56.2 Å². The number of phenolic OH excluding ortho intramolecular Hbond substituents is 1. The first-order chi connectivity index (χ1) is 19.9. The van der Waals surface area contributed by atoms with Crippen molar-refractivity contribution in [2.75, 3.05) is 34.2 Å². The first kappa shape index (κ1) is 26.6. The van der Waals surface area contributed by atoms with Gasteiger partial charge in [-0.3, -0.25) is 4.79 Å². The molecule has 0 amide bonds. The normalized spacial score (nSPS) is 35.2. The van der Waals surface area contributed by atoms with Gasteiger partial charge in [-0.1, -0.05) is 0 Å². The molecular weight excluding hydrogens is 538 g/mol. The maximum atomic E-state index is 13.4. The van der Waals surface area contributed by atoms with E-state index in [9.17, 15) is 9.90 Å². The van der Waals surface area contributed by atoms with E-state index in [4.69, 9.17) is 48.4 Å². The Bertz CT molecular complexity index is 1330. The summed E-state index contributed by atoms with van der Waals surface area (Å²) in [5.74, 6) is -0.260. The van der Waals surface area contributed by atoms with Crippen molar-refractivity contribution in [3.05, 3.63) is 41.0 Å². The predicted octanol–water partition coefficient (Wildman–Crippen LogP) is 2.33. The van der Waals surface area contributed by atoms with Crippen LogP contribution < -0.4 is 24.7 Å². The van der Waals surface area contributed by atoms with Crippen LogP contribution in [0.3, 0.4) is 0 Å².